The molecule has 0 aliphatic carbocycles. The second kappa shape index (κ2) is 10.7. The molecule has 0 unspecified atom stereocenters. The number of amides is 2. The zero-order valence-corrected chi connectivity index (χ0v) is 20.6. The van der Waals surface area contributed by atoms with Crippen LogP contribution in [0, 0.1) is 26.6 Å². The highest BCUT2D eigenvalue weighted by molar-refractivity contribution is 7.89. The van der Waals surface area contributed by atoms with Gasteiger partial charge in [-0.3, -0.25) is 4.90 Å². The van der Waals surface area contributed by atoms with Gasteiger partial charge in [-0.1, -0.05) is 23.8 Å². The van der Waals surface area contributed by atoms with Crippen LogP contribution in [0.25, 0.3) is 0 Å². The molecule has 0 radical (unpaired) electrons. The number of sulfonamides is 1. The summed E-state index contributed by atoms with van der Waals surface area (Å²) in [5, 5.41) is 2.39. The van der Waals surface area contributed by atoms with Gasteiger partial charge in [-0.2, -0.15) is 13.2 Å². The van der Waals surface area contributed by atoms with E-state index in [4.69, 9.17) is 0 Å². The topological polar surface area (TPSA) is 78.5 Å². The molecule has 0 atom stereocenters. The van der Waals surface area contributed by atoms with Crippen molar-refractivity contribution in [3.8, 4) is 0 Å². The Morgan fingerprint density at radius 2 is 1.56 bits per heavy atom. The molecule has 0 spiro atoms. The SMILES string of the molecule is Cc1cc(C)c(S(=O)(=O)NCCN(C(=O)Nc2cccc(C(F)(F)F)c2)c2ccc(F)cc2)c(C)c1. The number of anilines is 2. The maximum Gasteiger partial charge on any atom is 0.416 e. The molecule has 0 heterocycles. The minimum absolute atomic E-state index is 0.103. The summed E-state index contributed by atoms with van der Waals surface area (Å²) in [6, 6.07) is 11.6. The van der Waals surface area contributed by atoms with Gasteiger partial charge in [-0.15, -0.1) is 0 Å². The summed E-state index contributed by atoms with van der Waals surface area (Å²) >= 11 is 0. The highest BCUT2D eigenvalue weighted by Gasteiger charge is 2.30. The lowest BCUT2D eigenvalue weighted by Crippen LogP contribution is -2.41. The number of hydrogen-bond donors (Lipinski definition) is 2. The minimum Gasteiger partial charge on any atom is -0.308 e. The summed E-state index contributed by atoms with van der Waals surface area (Å²) in [7, 11) is -3.92. The quantitative estimate of drug-likeness (QED) is 0.385. The molecule has 6 nitrogen and oxygen atoms in total. The highest BCUT2D eigenvalue weighted by atomic mass is 32.2. The van der Waals surface area contributed by atoms with E-state index in [0.29, 0.717) is 11.1 Å². The van der Waals surface area contributed by atoms with Gasteiger partial charge in [0.25, 0.3) is 0 Å². The van der Waals surface area contributed by atoms with Crippen molar-refractivity contribution in [2.24, 2.45) is 0 Å². The van der Waals surface area contributed by atoms with Crippen LogP contribution < -0.4 is 14.9 Å². The van der Waals surface area contributed by atoms with Gasteiger partial charge in [-0.05, 0) is 74.4 Å². The summed E-state index contributed by atoms with van der Waals surface area (Å²) in [6.07, 6.45) is -4.60. The van der Waals surface area contributed by atoms with Gasteiger partial charge in [0.05, 0.1) is 10.5 Å². The molecule has 3 rings (SSSR count). The molecule has 0 aliphatic heterocycles. The number of nitrogens with zero attached hydrogens (tertiary/aromatic N) is 1. The summed E-state index contributed by atoms with van der Waals surface area (Å²) in [5.41, 5.74) is 1.23. The summed E-state index contributed by atoms with van der Waals surface area (Å²) in [4.78, 5) is 14.2. The van der Waals surface area contributed by atoms with Crippen LogP contribution in [0.1, 0.15) is 22.3 Å². The van der Waals surface area contributed by atoms with Crippen molar-refractivity contribution in [1.29, 1.82) is 0 Å². The van der Waals surface area contributed by atoms with Crippen molar-refractivity contribution in [3.63, 3.8) is 0 Å². The second-order valence-corrected chi connectivity index (χ2v) is 9.97. The number of hydrogen-bond acceptors (Lipinski definition) is 3. The van der Waals surface area contributed by atoms with Crippen molar-refractivity contribution in [2.45, 2.75) is 31.8 Å². The first-order valence-electron chi connectivity index (χ1n) is 10.9. The zero-order valence-electron chi connectivity index (χ0n) is 19.8. The van der Waals surface area contributed by atoms with E-state index in [1.165, 1.54) is 18.2 Å². The molecule has 0 saturated heterocycles. The number of carbonyl (C=O) groups excluding carboxylic acids is 1. The Kier molecular flexibility index (Phi) is 8.05. The predicted molar refractivity (Wildman–Crippen MR) is 130 cm³/mol. The van der Waals surface area contributed by atoms with Crippen molar-refractivity contribution in [2.75, 3.05) is 23.3 Å². The van der Waals surface area contributed by atoms with Gasteiger partial charge in [0, 0.05) is 24.5 Å². The van der Waals surface area contributed by atoms with Gasteiger partial charge < -0.3 is 5.32 Å². The molecule has 0 saturated carbocycles. The van der Waals surface area contributed by atoms with Gasteiger partial charge >= 0.3 is 12.2 Å². The molecule has 3 aromatic rings. The smallest absolute Gasteiger partial charge is 0.308 e. The highest BCUT2D eigenvalue weighted by Crippen LogP contribution is 2.31. The molecular formula is C25H25F4N3O3S. The fourth-order valence-corrected chi connectivity index (χ4v) is 5.36. The molecule has 3 aromatic carbocycles. The van der Waals surface area contributed by atoms with Crippen molar-refractivity contribution in [1.82, 2.24) is 4.72 Å². The molecule has 0 bridgehead atoms. The van der Waals surface area contributed by atoms with E-state index in [9.17, 15) is 30.8 Å². The molecule has 2 amide bonds. The predicted octanol–water partition coefficient (Wildman–Crippen LogP) is 5.79. The maximum atomic E-state index is 13.4. The Hall–Kier alpha value is -3.44. The zero-order chi connectivity index (χ0) is 26.7. The first kappa shape index (κ1) is 27.2. The van der Waals surface area contributed by atoms with Crippen LogP contribution in [-0.4, -0.2) is 27.5 Å². The normalized spacial score (nSPS) is 11.9. The lowest BCUT2D eigenvalue weighted by atomic mass is 10.1. The number of aryl methyl sites for hydroxylation is 3. The molecular weight excluding hydrogens is 498 g/mol. The Balaban J connectivity index is 1.81. The molecule has 2 N–H and O–H groups in total. The maximum absolute atomic E-state index is 13.4. The largest absolute Gasteiger partial charge is 0.416 e. The van der Waals surface area contributed by atoms with Gasteiger partial charge in [0.2, 0.25) is 10.0 Å². The third kappa shape index (κ3) is 6.61. The number of urea groups is 1. The van der Waals surface area contributed by atoms with Gasteiger partial charge in [0.1, 0.15) is 5.82 Å². The van der Waals surface area contributed by atoms with Crippen LogP contribution in [0.4, 0.5) is 33.7 Å². The number of benzene rings is 3. The van der Waals surface area contributed by atoms with Crippen LogP contribution in [-0.2, 0) is 16.2 Å². The summed E-state index contributed by atoms with van der Waals surface area (Å²) in [5.74, 6) is -0.553. The Bertz CT molecular complexity index is 1330. The van der Waals surface area contributed by atoms with E-state index in [0.717, 1.165) is 40.8 Å². The lowest BCUT2D eigenvalue weighted by molar-refractivity contribution is -0.137. The molecule has 11 heteroatoms. The fraction of sp³-hybridized carbons (Fsp3) is 0.240. The van der Waals surface area contributed by atoms with E-state index in [1.54, 1.807) is 26.0 Å². The molecule has 0 fully saturated rings. The Labute approximate surface area is 207 Å². The number of halogens is 4. The van der Waals surface area contributed by atoms with E-state index in [-0.39, 0.29) is 29.4 Å². The third-order valence-corrected chi connectivity index (χ3v) is 7.09. The first-order valence-corrected chi connectivity index (χ1v) is 12.3. The molecule has 36 heavy (non-hydrogen) atoms. The summed E-state index contributed by atoms with van der Waals surface area (Å²) in [6.45, 7) is 4.83. The first-order chi connectivity index (χ1) is 16.8. The average Bonchev–Trinajstić information content (AvgIpc) is 2.76. The standard InChI is InChI=1S/C25H25F4N3O3S/c1-16-13-17(2)23(18(3)14-16)36(34,35)30-11-12-32(22-9-7-20(26)8-10-22)24(33)31-21-6-4-5-19(15-21)25(27,28)29/h4-10,13-15,30H,11-12H2,1-3H3,(H,31,33). The molecule has 0 aromatic heterocycles. The Morgan fingerprint density at radius 3 is 2.14 bits per heavy atom. The number of rotatable bonds is 7. The fourth-order valence-electron chi connectivity index (χ4n) is 3.89. The van der Waals surface area contributed by atoms with Crippen LogP contribution >= 0.6 is 0 Å². The summed E-state index contributed by atoms with van der Waals surface area (Å²) < 4.78 is 80.9. The van der Waals surface area contributed by atoms with Crippen LogP contribution in [0.2, 0.25) is 0 Å². The van der Waals surface area contributed by atoms with E-state index in [1.807, 2.05) is 6.92 Å². The monoisotopic (exact) mass is 523 g/mol. The van der Waals surface area contributed by atoms with Gasteiger partial charge in [0.15, 0.2) is 0 Å². The van der Waals surface area contributed by atoms with E-state index < -0.39 is 33.6 Å². The van der Waals surface area contributed by atoms with Crippen molar-refractivity contribution in [3.05, 3.63) is 88.7 Å². The number of carbonyl (C=O) groups is 1. The van der Waals surface area contributed by atoms with E-state index >= 15 is 0 Å². The van der Waals surface area contributed by atoms with Crippen molar-refractivity contribution < 1.29 is 30.8 Å². The van der Waals surface area contributed by atoms with E-state index in [2.05, 4.69) is 10.0 Å². The third-order valence-electron chi connectivity index (χ3n) is 5.33. The minimum atomic E-state index is -4.60. The molecule has 192 valence electrons. The second-order valence-electron chi connectivity index (χ2n) is 8.26. The van der Waals surface area contributed by atoms with Crippen molar-refractivity contribution >= 4 is 27.4 Å². The molecule has 0 aliphatic rings. The van der Waals surface area contributed by atoms with Crippen LogP contribution in [0.3, 0.4) is 0 Å². The Morgan fingerprint density at radius 1 is 0.944 bits per heavy atom. The lowest BCUT2D eigenvalue weighted by Gasteiger charge is -2.24. The number of alkyl halides is 3. The number of nitrogens with one attached hydrogen (secondary N) is 2. The average molecular weight is 524 g/mol. The van der Waals surface area contributed by atoms with Gasteiger partial charge in [-0.25, -0.2) is 22.3 Å². The van der Waals surface area contributed by atoms with Crippen LogP contribution in [0.5, 0.6) is 0 Å². The van der Waals surface area contributed by atoms with Crippen LogP contribution in [0.15, 0.2) is 65.6 Å².